The molecule has 1 rings (SSSR count). The third kappa shape index (κ3) is 5.42. The molecule has 0 amide bonds. The normalized spacial score (nSPS) is 10.9. The van der Waals surface area contributed by atoms with Gasteiger partial charge in [0.2, 0.25) is 0 Å². The van der Waals surface area contributed by atoms with Crippen molar-refractivity contribution in [2.45, 2.75) is 39.2 Å². The topological polar surface area (TPSA) is 21.3 Å². The minimum absolute atomic E-state index is 0.565. The molecule has 0 fully saturated rings. The van der Waals surface area contributed by atoms with Crippen LogP contribution in [0.2, 0.25) is 5.02 Å². The van der Waals surface area contributed by atoms with Gasteiger partial charge in [-0.15, -0.1) is 0 Å². The van der Waals surface area contributed by atoms with E-state index in [-0.39, 0.29) is 0 Å². The van der Waals surface area contributed by atoms with Crippen molar-refractivity contribution < 1.29 is 4.74 Å². The quantitative estimate of drug-likeness (QED) is 0.751. The number of rotatable bonds is 7. The van der Waals surface area contributed by atoms with Crippen LogP contribution in [0, 0.1) is 0 Å². The van der Waals surface area contributed by atoms with Crippen molar-refractivity contribution >= 4 is 11.6 Å². The number of nitrogens with one attached hydrogen (secondary N) is 1. The average Bonchev–Trinajstić information content (AvgIpc) is 2.28. The number of methoxy groups -OCH3 is 1. The van der Waals surface area contributed by atoms with Crippen LogP contribution < -0.4 is 10.1 Å². The van der Waals surface area contributed by atoms with Crippen LogP contribution in [-0.4, -0.2) is 19.7 Å². The predicted molar refractivity (Wildman–Crippen MR) is 74.1 cm³/mol. The largest absolute Gasteiger partial charge is 0.496 e. The highest BCUT2D eigenvalue weighted by Gasteiger charge is 2.03. The summed E-state index contributed by atoms with van der Waals surface area (Å²) in [7, 11) is 1.70. The molecule has 96 valence electrons. The lowest BCUT2D eigenvalue weighted by Crippen LogP contribution is -2.23. The Balaban J connectivity index is 2.37. The summed E-state index contributed by atoms with van der Waals surface area (Å²) in [6, 6.07) is 6.36. The van der Waals surface area contributed by atoms with Crippen molar-refractivity contribution in [1.29, 1.82) is 0 Å². The molecule has 0 radical (unpaired) electrons. The lowest BCUT2D eigenvalue weighted by atomic mass is 10.1. The van der Waals surface area contributed by atoms with E-state index in [0.29, 0.717) is 6.04 Å². The van der Waals surface area contributed by atoms with Crippen molar-refractivity contribution in [3.63, 3.8) is 0 Å². The number of benzene rings is 1. The van der Waals surface area contributed by atoms with E-state index in [9.17, 15) is 0 Å². The minimum atomic E-state index is 0.565. The zero-order valence-electron chi connectivity index (χ0n) is 10.9. The molecule has 0 heterocycles. The monoisotopic (exact) mass is 255 g/mol. The van der Waals surface area contributed by atoms with Crippen LogP contribution in [0.1, 0.15) is 32.3 Å². The second kappa shape index (κ2) is 7.57. The summed E-state index contributed by atoms with van der Waals surface area (Å²) in [5.41, 5.74) is 1.20. The molecule has 0 aliphatic heterocycles. The maximum Gasteiger partial charge on any atom is 0.122 e. The summed E-state index contributed by atoms with van der Waals surface area (Å²) in [6.07, 6.45) is 3.34. The second-order valence-electron chi connectivity index (χ2n) is 4.52. The van der Waals surface area contributed by atoms with Crippen LogP contribution in [0.5, 0.6) is 5.75 Å². The van der Waals surface area contributed by atoms with Gasteiger partial charge >= 0.3 is 0 Å². The predicted octanol–water partition coefficient (Wildman–Crippen LogP) is 3.67. The first-order valence-corrected chi connectivity index (χ1v) is 6.57. The number of hydrogen-bond donors (Lipinski definition) is 1. The zero-order chi connectivity index (χ0) is 12.7. The Morgan fingerprint density at radius 3 is 2.71 bits per heavy atom. The molecule has 0 unspecified atom stereocenters. The van der Waals surface area contributed by atoms with Gasteiger partial charge in [0.05, 0.1) is 7.11 Å². The van der Waals surface area contributed by atoms with E-state index >= 15 is 0 Å². The summed E-state index contributed by atoms with van der Waals surface area (Å²) in [5, 5.41) is 4.19. The van der Waals surface area contributed by atoms with Gasteiger partial charge in [0.25, 0.3) is 0 Å². The average molecular weight is 256 g/mol. The van der Waals surface area contributed by atoms with Crippen LogP contribution in [0.25, 0.3) is 0 Å². The van der Waals surface area contributed by atoms with E-state index < -0.39 is 0 Å². The smallest absolute Gasteiger partial charge is 0.122 e. The van der Waals surface area contributed by atoms with Crippen molar-refractivity contribution in [1.82, 2.24) is 5.32 Å². The number of hydrogen-bond acceptors (Lipinski definition) is 2. The lowest BCUT2D eigenvalue weighted by Gasteiger charge is -2.10. The summed E-state index contributed by atoms with van der Waals surface area (Å²) in [4.78, 5) is 0. The van der Waals surface area contributed by atoms with Gasteiger partial charge < -0.3 is 10.1 Å². The molecule has 2 nitrogen and oxygen atoms in total. The van der Waals surface area contributed by atoms with Crippen LogP contribution in [-0.2, 0) is 6.42 Å². The Kier molecular flexibility index (Phi) is 6.38. The number of halogens is 1. The van der Waals surface area contributed by atoms with Crippen LogP contribution in [0.4, 0.5) is 0 Å². The highest BCUT2D eigenvalue weighted by molar-refractivity contribution is 6.30. The van der Waals surface area contributed by atoms with E-state index in [4.69, 9.17) is 16.3 Å². The van der Waals surface area contributed by atoms with Crippen molar-refractivity contribution in [3.05, 3.63) is 28.8 Å². The Labute approximate surface area is 109 Å². The van der Waals surface area contributed by atoms with E-state index in [1.807, 2.05) is 18.2 Å². The van der Waals surface area contributed by atoms with Crippen LogP contribution >= 0.6 is 11.6 Å². The maximum atomic E-state index is 5.99. The fraction of sp³-hybridized carbons (Fsp3) is 0.571. The molecule has 0 saturated carbocycles. The number of unbranched alkanes of at least 4 members (excludes halogenated alkanes) is 1. The van der Waals surface area contributed by atoms with E-state index in [1.54, 1.807) is 7.11 Å². The summed E-state index contributed by atoms with van der Waals surface area (Å²) < 4.78 is 5.32. The molecule has 0 atom stereocenters. The first-order chi connectivity index (χ1) is 8.13. The fourth-order valence-electron chi connectivity index (χ4n) is 1.77. The zero-order valence-corrected chi connectivity index (χ0v) is 11.7. The fourth-order valence-corrected chi connectivity index (χ4v) is 1.97. The SMILES string of the molecule is COc1ccc(Cl)cc1CCCCNC(C)C. The standard InChI is InChI=1S/C14H22ClNO/c1-11(2)16-9-5-4-6-12-10-13(15)7-8-14(12)17-3/h7-8,10-11,16H,4-6,9H2,1-3H3. The second-order valence-corrected chi connectivity index (χ2v) is 4.96. The molecule has 0 bridgehead atoms. The third-order valence-corrected chi connectivity index (χ3v) is 2.90. The van der Waals surface area contributed by atoms with Gasteiger partial charge in [-0.25, -0.2) is 0 Å². The van der Waals surface area contributed by atoms with Gasteiger partial charge in [-0.05, 0) is 49.6 Å². The highest BCUT2D eigenvalue weighted by atomic mass is 35.5. The van der Waals surface area contributed by atoms with E-state index in [0.717, 1.165) is 30.2 Å². The molecule has 0 spiro atoms. The molecule has 1 aromatic carbocycles. The first-order valence-electron chi connectivity index (χ1n) is 6.19. The molecule has 0 aliphatic carbocycles. The van der Waals surface area contributed by atoms with Gasteiger partial charge in [0, 0.05) is 11.1 Å². The molecule has 1 aromatic rings. The van der Waals surface area contributed by atoms with Gasteiger partial charge in [0.15, 0.2) is 0 Å². The van der Waals surface area contributed by atoms with E-state index in [1.165, 1.54) is 12.0 Å². The molecule has 0 saturated heterocycles. The molecular weight excluding hydrogens is 234 g/mol. The molecular formula is C14H22ClNO. The van der Waals surface area contributed by atoms with Crippen molar-refractivity contribution in [2.75, 3.05) is 13.7 Å². The minimum Gasteiger partial charge on any atom is -0.496 e. The maximum absolute atomic E-state index is 5.99. The van der Waals surface area contributed by atoms with Crippen molar-refractivity contribution in [2.24, 2.45) is 0 Å². The Hall–Kier alpha value is -0.730. The first kappa shape index (κ1) is 14.3. The van der Waals surface area contributed by atoms with E-state index in [2.05, 4.69) is 19.2 Å². The molecule has 1 N–H and O–H groups in total. The summed E-state index contributed by atoms with van der Waals surface area (Å²) in [5.74, 6) is 0.936. The Morgan fingerprint density at radius 1 is 1.29 bits per heavy atom. The van der Waals surface area contributed by atoms with Gasteiger partial charge in [-0.2, -0.15) is 0 Å². The number of aryl methyl sites for hydroxylation is 1. The Bertz CT molecular complexity index is 339. The summed E-state index contributed by atoms with van der Waals surface area (Å²) in [6.45, 7) is 5.40. The summed E-state index contributed by atoms with van der Waals surface area (Å²) >= 11 is 5.99. The van der Waals surface area contributed by atoms with Gasteiger partial charge in [-0.1, -0.05) is 25.4 Å². The molecule has 0 aromatic heterocycles. The van der Waals surface area contributed by atoms with Crippen LogP contribution in [0.15, 0.2) is 18.2 Å². The van der Waals surface area contributed by atoms with Gasteiger partial charge in [0.1, 0.15) is 5.75 Å². The highest BCUT2D eigenvalue weighted by Crippen LogP contribution is 2.24. The molecule has 0 aliphatic rings. The van der Waals surface area contributed by atoms with Crippen LogP contribution in [0.3, 0.4) is 0 Å². The lowest BCUT2D eigenvalue weighted by molar-refractivity contribution is 0.408. The Morgan fingerprint density at radius 2 is 2.06 bits per heavy atom. The molecule has 3 heteroatoms. The van der Waals surface area contributed by atoms with Crippen molar-refractivity contribution in [3.8, 4) is 5.75 Å². The van der Waals surface area contributed by atoms with Gasteiger partial charge in [-0.3, -0.25) is 0 Å². The molecule has 17 heavy (non-hydrogen) atoms. The third-order valence-electron chi connectivity index (χ3n) is 2.67. The number of ether oxygens (including phenoxy) is 1.